The topological polar surface area (TPSA) is 43.8 Å². The summed E-state index contributed by atoms with van der Waals surface area (Å²) in [6.45, 7) is 2.09. The van der Waals surface area contributed by atoms with Gasteiger partial charge in [0.1, 0.15) is 0 Å². The molecule has 19 heavy (non-hydrogen) atoms. The van der Waals surface area contributed by atoms with Gasteiger partial charge < -0.3 is 5.73 Å². The van der Waals surface area contributed by atoms with Gasteiger partial charge in [-0.2, -0.15) is 5.10 Å². The van der Waals surface area contributed by atoms with E-state index in [2.05, 4.69) is 18.1 Å². The van der Waals surface area contributed by atoms with Crippen LogP contribution in [0.25, 0.3) is 0 Å². The fraction of sp³-hybridized carbons (Fsp3) is 0.357. The fourth-order valence-corrected chi connectivity index (χ4v) is 2.62. The molecule has 0 radical (unpaired) electrons. The molecule has 102 valence electrons. The molecule has 0 fully saturated rings. The third-order valence-electron chi connectivity index (χ3n) is 3.18. The summed E-state index contributed by atoms with van der Waals surface area (Å²) < 4.78 is 1.88. The van der Waals surface area contributed by atoms with Crippen LogP contribution in [-0.4, -0.2) is 9.78 Å². The van der Waals surface area contributed by atoms with Gasteiger partial charge in [0.2, 0.25) is 0 Å². The first-order valence-electron chi connectivity index (χ1n) is 6.23. The highest BCUT2D eigenvalue weighted by Crippen LogP contribution is 2.27. The van der Waals surface area contributed by atoms with Crippen LogP contribution in [0.1, 0.15) is 29.9 Å². The van der Waals surface area contributed by atoms with E-state index < -0.39 is 0 Å². The molecule has 1 heterocycles. The second-order valence-corrected chi connectivity index (χ2v) is 5.42. The zero-order chi connectivity index (χ0) is 14.0. The van der Waals surface area contributed by atoms with Gasteiger partial charge in [-0.05, 0) is 30.2 Å². The van der Waals surface area contributed by atoms with E-state index in [1.54, 1.807) is 6.07 Å². The zero-order valence-corrected chi connectivity index (χ0v) is 12.5. The van der Waals surface area contributed by atoms with Crippen LogP contribution in [0.5, 0.6) is 0 Å². The van der Waals surface area contributed by atoms with Crippen molar-refractivity contribution in [1.29, 1.82) is 0 Å². The van der Waals surface area contributed by atoms with Crippen LogP contribution in [0.2, 0.25) is 10.0 Å². The minimum Gasteiger partial charge on any atom is -0.324 e. The van der Waals surface area contributed by atoms with E-state index in [1.165, 1.54) is 0 Å². The quantitative estimate of drug-likeness (QED) is 0.938. The second kappa shape index (κ2) is 5.95. The van der Waals surface area contributed by atoms with E-state index in [0.717, 1.165) is 23.4 Å². The molecule has 0 spiro atoms. The average Bonchev–Trinajstić information content (AvgIpc) is 2.70. The second-order valence-electron chi connectivity index (χ2n) is 4.58. The molecule has 0 bridgehead atoms. The Morgan fingerprint density at radius 1 is 1.32 bits per heavy atom. The Labute approximate surface area is 123 Å². The zero-order valence-electron chi connectivity index (χ0n) is 11.0. The van der Waals surface area contributed by atoms with Gasteiger partial charge in [0.15, 0.2) is 0 Å². The predicted octanol–water partition coefficient (Wildman–Crippen LogP) is 3.53. The highest BCUT2D eigenvalue weighted by molar-refractivity contribution is 6.35. The Balaban J connectivity index is 2.20. The molecular formula is C14H17Cl2N3. The molecule has 0 aliphatic carbocycles. The molecule has 0 aliphatic heterocycles. The third-order valence-corrected chi connectivity index (χ3v) is 3.74. The number of rotatable bonds is 4. The first-order valence-corrected chi connectivity index (χ1v) is 6.99. The van der Waals surface area contributed by atoms with Gasteiger partial charge in [-0.25, -0.2) is 0 Å². The van der Waals surface area contributed by atoms with Crippen molar-refractivity contribution in [2.45, 2.75) is 25.8 Å². The predicted molar refractivity (Wildman–Crippen MR) is 79.7 cm³/mol. The monoisotopic (exact) mass is 297 g/mol. The van der Waals surface area contributed by atoms with Gasteiger partial charge in [0.05, 0.1) is 5.69 Å². The summed E-state index contributed by atoms with van der Waals surface area (Å²) in [5.41, 5.74) is 9.32. The Kier molecular flexibility index (Phi) is 4.50. The number of halogens is 2. The van der Waals surface area contributed by atoms with Crippen molar-refractivity contribution in [1.82, 2.24) is 9.78 Å². The summed E-state index contributed by atoms with van der Waals surface area (Å²) >= 11 is 12.1. The molecule has 0 saturated heterocycles. The Bertz CT molecular complexity index is 578. The van der Waals surface area contributed by atoms with E-state index in [9.17, 15) is 0 Å². The van der Waals surface area contributed by atoms with Crippen molar-refractivity contribution in [3.05, 3.63) is 51.3 Å². The van der Waals surface area contributed by atoms with Crippen LogP contribution in [0, 0.1) is 0 Å². The molecule has 2 aromatic rings. The van der Waals surface area contributed by atoms with Crippen molar-refractivity contribution in [3.8, 4) is 0 Å². The molecule has 1 unspecified atom stereocenters. The smallest absolute Gasteiger partial charge is 0.0624 e. The normalized spacial score (nSPS) is 12.7. The number of aromatic nitrogens is 2. The molecule has 2 rings (SSSR count). The molecule has 0 saturated carbocycles. The highest BCUT2D eigenvalue weighted by atomic mass is 35.5. The summed E-state index contributed by atoms with van der Waals surface area (Å²) in [6, 6.07) is 7.34. The van der Waals surface area contributed by atoms with Crippen LogP contribution >= 0.6 is 23.2 Å². The van der Waals surface area contributed by atoms with Crippen molar-refractivity contribution >= 4 is 23.2 Å². The minimum atomic E-state index is -0.162. The number of hydrogen-bond acceptors (Lipinski definition) is 2. The minimum absolute atomic E-state index is 0.162. The van der Waals surface area contributed by atoms with E-state index in [-0.39, 0.29) is 6.04 Å². The number of benzene rings is 1. The lowest BCUT2D eigenvalue weighted by Gasteiger charge is -2.14. The Morgan fingerprint density at radius 3 is 2.63 bits per heavy atom. The van der Waals surface area contributed by atoms with E-state index >= 15 is 0 Å². The van der Waals surface area contributed by atoms with Gasteiger partial charge in [-0.15, -0.1) is 0 Å². The highest BCUT2D eigenvalue weighted by Gasteiger charge is 2.14. The average molecular weight is 298 g/mol. The van der Waals surface area contributed by atoms with Gasteiger partial charge >= 0.3 is 0 Å². The molecule has 1 atom stereocenters. The van der Waals surface area contributed by atoms with Crippen LogP contribution in [0.4, 0.5) is 0 Å². The van der Waals surface area contributed by atoms with Crippen LogP contribution in [-0.2, 0) is 19.9 Å². The van der Waals surface area contributed by atoms with Crippen LogP contribution < -0.4 is 5.73 Å². The standard InChI is InChI=1S/C14H17Cl2N3/c1-3-10-7-11(19(2)18-10)8-14(17)12-5-4-9(15)6-13(12)16/h4-7,14H,3,8,17H2,1-2H3. The maximum atomic E-state index is 6.23. The number of hydrogen-bond donors (Lipinski definition) is 1. The van der Waals surface area contributed by atoms with Crippen molar-refractivity contribution in [2.75, 3.05) is 0 Å². The molecule has 1 aromatic heterocycles. The summed E-state index contributed by atoms with van der Waals surface area (Å²) in [5, 5.41) is 5.65. The van der Waals surface area contributed by atoms with E-state index in [0.29, 0.717) is 16.5 Å². The third kappa shape index (κ3) is 3.30. The molecular weight excluding hydrogens is 281 g/mol. The number of nitrogens with two attached hydrogens (primary N) is 1. The van der Waals surface area contributed by atoms with Gasteiger partial charge in [0, 0.05) is 35.2 Å². The lowest BCUT2D eigenvalue weighted by Crippen LogP contribution is -2.15. The molecule has 5 heteroatoms. The van der Waals surface area contributed by atoms with Crippen molar-refractivity contribution in [3.63, 3.8) is 0 Å². The maximum absolute atomic E-state index is 6.23. The first kappa shape index (κ1) is 14.4. The van der Waals surface area contributed by atoms with Crippen LogP contribution in [0.15, 0.2) is 24.3 Å². The summed E-state index contributed by atoms with van der Waals surface area (Å²) in [6.07, 6.45) is 1.62. The number of aryl methyl sites for hydroxylation is 2. The van der Waals surface area contributed by atoms with Crippen molar-refractivity contribution in [2.24, 2.45) is 12.8 Å². The molecule has 0 aliphatic rings. The molecule has 3 nitrogen and oxygen atoms in total. The SMILES string of the molecule is CCc1cc(CC(N)c2ccc(Cl)cc2Cl)n(C)n1. The fourth-order valence-electron chi connectivity index (χ4n) is 2.07. The Morgan fingerprint density at radius 2 is 2.05 bits per heavy atom. The molecule has 2 N–H and O–H groups in total. The Hall–Kier alpha value is -1.03. The molecule has 0 amide bonds. The first-order chi connectivity index (χ1) is 9.01. The number of nitrogens with zero attached hydrogens (tertiary/aromatic N) is 2. The van der Waals surface area contributed by atoms with Gasteiger partial charge in [0.25, 0.3) is 0 Å². The van der Waals surface area contributed by atoms with Gasteiger partial charge in [-0.3, -0.25) is 4.68 Å². The lowest BCUT2D eigenvalue weighted by molar-refractivity contribution is 0.638. The lowest BCUT2D eigenvalue weighted by atomic mass is 10.0. The van der Waals surface area contributed by atoms with Gasteiger partial charge in [-0.1, -0.05) is 36.2 Å². The maximum Gasteiger partial charge on any atom is 0.0624 e. The molecule has 1 aromatic carbocycles. The van der Waals surface area contributed by atoms with Crippen LogP contribution in [0.3, 0.4) is 0 Å². The largest absolute Gasteiger partial charge is 0.324 e. The summed E-state index contributed by atoms with van der Waals surface area (Å²) in [5.74, 6) is 0. The summed E-state index contributed by atoms with van der Waals surface area (Å²) in [7, 11) is 1.94. The van der Waals surface area contributed by atoms with E-state index in [1.807, 2.05) is 23.9 Å². The summed E-state index contributed by atoms with van der Waals surface area (Å²) in [4.78, 5) is 0. The van der Waals surface area contributed by atoms with Crippen molar-refractivity contribution < 1.29 is 0 Å². The van der Waals surface area contributed by atoms with E-state index in [4.69, 9.17) is 28.9 Å².